The molecule has 1 heterocycles. The molecule has 0 saturated heterocycles. The van der Waals surface area contributed by atoms with Gasteiger partial charge in [-0.3, -0.25) is 4.79 Å². The number of thioether (sulfide) groups is 1. The maximum absolute atomic E-state index is 12.8. The van der Waals surface area contributed by atoms with Crippen LogP contribution in [0.5, 0.6) is 0 Å². The van der Waals surface area contributed by atoms with Crippen LogP contribution in [0.3, 0.4) is 0 Å². The van der Waals surface area contributed by atoms with Gasteiger partial charge in [-0.15, -0.1) is 0 Å². The number of carbonyl (C=O) groups is 1. The first-order valence-electron chi connectivity index (χ1n) is 10.2. The molecular formula is C27H21N3OS. The normalized spacial score (nSPS) is 11.4. The van der Waals surface area contributed by atoms with Crippen molar-refractivity contribution in [1.82, 2.24) is 4.98 Å². The SMILES string of the molecule is C[C@@H](Sc1nc(-c2ccccc2)cc(-c2ccccc2)c1C#N)C(=O)Nc1ccccc1. The Balaban J connectivity index is 1.73. The molecule has 0 spiro atoms. The van der Waals surface area contributed by atoms with Crippen molar-refractivity contribution in [2.75, 3.05) is 5.32 Å². The minimum Gasteiger partial charge on any atom is -0.325 e. The molecule has 0 saturated carbocycles. The van der Waals surface area contributed by atoms with E-state index < -0.39 is 5.25 Å². The molecule has 3 aromatic carbocycles. The summed E-state index contributed by atoms with van der Waals surface area (Å²) in [4.78, 5) is 17.6. The first kappa shape index (κ1) is 21.4. The molecule has 0 radical (unpaired) electrons. The van der Waals surface area contributed by atoms with Crippen molar-refractivity contribution >= 4 is 23.4 Å². The van der Waals surface area contributed by atoms with Gasteiger partial charge in [0.2, 0.25) is 5.91 Å². The Kier molecular flexibility index (Phi) is 6.64. The summed E-state index contributed by atoms with van der Waals surface area (Å²) in [7, 11) is 0. The molecule has 4 aromatic rings. The molecule has 1 N–H and O–H groups in total. The van der Waals surface area contributed by atoms with E-state index in [9.17, 15) is 10.1 Å². The Hall–Kier alpha value is -3.88. The van der Waals surface area contributed by atoms with Crippen molar-refractivity contribution in [3.63, 3.8) is 0 Å². The average molecular weight is 436 g/mol. The fraction of sp³-hybridized carbons (Fsp3) is 0.0741. The Labute approximate surface area is 192 Å². The molecule has 4 rings (SSSR count). The van der Waals surface area contributed by atoms with E-state index in [0.717, 1.165) is 28.1 Å². The summed E-state index contributed by atoms with van der Waals surface area (Å²) in [5, 5.41) is 13.0. The van der Waals surface area contributed by atoms with Crippen LogP contribution in [0.2, 0.25) is 0 Å². The van der Waals surface area contributed by atoms with Crippen LogP contribution in [0, 0.1) is 11.3 Å². The van der Waals surface area contributed by atoms with E-state index >= 15 is 0 Å². The van der Waals surface area contributed by atoms with Crippen LogP contribution in [-0.4, -0.2) is 16.1 Å². The fourth-order valence-electron chi connectivity index (χ4n) is 3.30. The summed E-state index contributed by atoms with van der Waals surface area (Å²) >= 11 is 1.29. The number of carbonyl (C=O) groups excluding carboxylic acids is 1. The van der Waals surface area contributed by atoms with Crippen LogP contribution < -0.4 is 5.32 Å². The van der Waals surface area contributed by atoms with Gasteiger partial charge >= 0.3 is 0 Å². The second kappa shape index (κ2) is 9.95. The van der Waals surface area contributed by atoms with Crippen LogP contribution in [0.1, 0.15) is 12.5 Å². The first-order chi connectivity index (χ1) is 15.7. The van der Waals surface area contributed by atoms with Crippen LogP contribution in [0.15, 0.2) is 102 Å². The Bertz CT molecular complexity index is 1250. The maximum Gasteiger partial charge on any atom is 0.237 e. The molecule has 1 aromatic heterocycles. The van der Waals surface area contributed by atoms with E-state index in [1.165, 1.54) is 11.8 Å². The van der Waals surface area contributed by atoms with Gasteiger partial charge < -0.3 is 5.32 Å². The lowest BCUT2D eigenvalue weighted by molar-refractivity contribution is -0.115. The second-order valence-corrected chi connectivity index (χ2v) is 8.52. The van der Waals surface area contributed by atoms with E-state index in [1.807, 2.05) is 104 Å². The molecule has 0 aliphatic heterocycles. The van der Waals surface area contributed by atoms with Crippen molar-refractivity contribution in [3.05, 3.63) is 103 Å². The topological polar surface area (TPSA) is 65.8 Å². The molecule has 156 valence electrons. The molecule has 1 atom stereocenters. The van der Waals surface area contributed by atoms with Crippen LogP contribution in [0.4, 0.5) is 5.69 Å². The smallest absolute Gasteiger partial charge is 0.237 e. The summed E-state index contributed by atoms with van der Waals surface area (Å²) in [6.07, 6.45) is 0. The Morgan fingerprint density at radius 1 is 0.906 bits per heavy atom. The number of benzene rings is 3. The summed E-state index contributed by atoms with van der Waals surface area (Å²) < 4.78 is 0. The lowest BCUT2D eigenvalue weighted by Gasteiger charge is -2.16. The summed E-state index contributed by atoms with van der Waals surface area (Å²) in [5.74, 6) is -0.140. The highest BCUT2D eigenvalue weighted by molar-refractivity contribution is 8.00. The molecule has 4 nitrogen and oxygen atoms in total. The van der Waals surface area contributed by atoms with Crippen molar-refractivity contribution in [1.29, 1.82) is 5.26 Å². The number of hydrogen-bond acceptors (Lipinski definition) is 4. The molecule has 5 heteroatoms. The number of anilines is 1. The van der Waals surface area contributed by atoms with E-state index in [-0.39, 0.29) is 5.91 Å². The Morgan fingerprint density at radius 3 is 2.06 bits per heavy atom. The van der Waals surface area contributed by atoms with Gasteiger partial charge in [-0.2, -0.15) is 5.26 Å². The number of rotatable bonds is 6. The lowest BCUT2D eigenvalue weighted by Crippen LogP contribution is -2.22. The Morgan fingerprint density at radius 2 is 1.47 bits per heavy atom. The highest BCUT2D eigenvalue weighted by Gasteiger charge is 2.21. The van der Waals surface area contributed by atoms with Gasteiger partial charge in [0.1, 0.15) is 11.1 Å². The molecule has 0 aliphatic rings. The van der Waals surface area contributed by atoms with E-state index in [2.05, 4.69) is 11.4 Å². The number of nitrogens with zero attached hydrogens (tertiary/aromatic N) is 2. The monoisotopic (exact) mass is 435 g/mol. The maximum atomic E-state index is 12.8. The van der Waals surface area contributed by atoms with E-state index in [1.54, 1.807) is 0 Å². The summed E-state index contributed by atoms with van der Waals surface area (Å²) in [5.41, 5.74) is 4.67. The zero-order valence-electron chi connectivity index (χ0n) is 17.5. The molecule has 32 heavy (non-hydrogen) atoms. The van der Waals surface area contributed by atoms with E-state index in [4.69, 9.17) is 4.98 Å². The average Bonchev–Trinajstić information content (AvgIpc) is 2.85. The van der Waals surface area contributed by atoms with Crippen molar-refractivity contribution in [2.24, 2.45) is 0 Å². The number of para-hydroxylation sites is 1. The molecule has 1 amide bonds. The standard InChI is InChI=1S/C27H21N3OS/c1-19(26(31)29-22-15-9-4-10-16-22)32-27-24(18-28)23(20-11-5-2-6-12-20)17-25(30-27)21-13-7-3-8-14-21/h2-17,19H,1H3,(H,29,31)/t19-/m1/s1. The van der Waals surface area contributed by atoms with Crippen LogP contribution in [-0.2, 0) is 4.79 Å². The van der Waals surface area contributed by atoms with Crippen molar-refractivity contribution in [2.45, 2.75) is 17.2 Å². The van der Waals surface area contributed by atoms with Crippen LogP contribution >= 0.6 is 11.8 Å². The zero-order chi connectivity index (χ0) is 22.3. The molecule has 0 aliphatic carbocycles. The number of hydrogen-bond donors (Lipinski definition) is 1. The predicted octanol–water partition coefficient (Wildman–Crippen LogP) is 6.41. The highest BCUT2D eigenvalue weighted by Crippen LogP contribution is 2.35. The first-order valence-corrected chi connectivity index (χ1v) is 11.1. The van der Waals surface area contributed by atoms with E-state index in [0.29, 0.717) is 10.6 Å². The third-order valence-corrected chi connectivity index (χ3v) is 6.04. The number of nitrogens with one attached hydrogen (secondary N) is 1. The minimum absolute atomic E-state index is 0.140. The quantitative estimate of drug-likeness (QED) is 0.356. The van der Waals surface area contributed by atoms with Crippen molar-refractivity contribution in [3.8, 4) is 28.5 Å². The largest absolute Gasteiger partial charge is 0.325 e. The summed E-state index contributed by atoms with van der Waals surface area (Å²) in [6.45, 7) is 1.82. The number of nitriles is 1. The minimum atomic E-state index is -0.440. The van der Waals surface area contributed by atoms with Gasteiger partial charge in [-0.1, -0.05) is 90.6 Å². The van der Waals surface area contributed by atoms with Crippen LogP contribution in [0.25, 0.3) is 22.4 Å². The number of amides is 1. The second-order valence-electron chi connectivity index (χ2n) is 7.19. The van der Waals surface area contributed by atoms with Crippen molar-refractivity contribution < 1.29 is 4.79 Å². The summed E-state index contributed by atoms with van der Waals surface area (Å²) in [6, 6.07) is 33.2. The zero-order valence-corrected chi connectivity index (χ0v) is 18.3. The molecule has 0 fully saturated rings. The third kappa shape index (κ3) is 4.88. The van der Waals surface area contributed by atoms with Gasteiger partial charge in [0.15, 0.2) is 0 Å². The van der Waals surface area contributed by atoms with Gasteiger partial charge in [-0.05, 0) is 30.7 Å². The van der Waals surface area contributed by atoms with Gasteiger partial charge in [-0.25, -0.2) is 4.98 Å². The molecule has 0 unspecified atom stereocenters. The third-order valence-electron chi connectivity index (χ3n) is 4.95. The highest BCUT2D eigenvalue weighted by atomic mass is 32.2. The lowest BCUT2D eigenvalue weighted by atomic mass is 9.99. The van der Waals surface area contributed by atoms with Gasteiger partial charge in [0, 0.05) is 16.8 Å². The van der Waals surface area contributed by atoms with Gasteiger partial charge in [0.25, 0.3) is 0 Å². The fourth-order valence-corrected chi connectivity index (χ4v) is 4.23. The number of pyridine rings is 1. The number of aromatic nitrogens is 1. The predicted molar refractivity (Wildman–Crippen MR) is 130 cm³/mol. The molecular weight excluding hydrogens is 414 g/mol. The molecule has 0 bridgehead atoms. The van der Waals surface area contributed by atoms with Gasteiger partial charge in [0.05, 0.1) is 16.5 Å².